The van der Waals surface area contributed by atoms with Crippen molar-refractivity contribution in [2.24, 2.45) is 0 Å². The van der Waals surface area contributed by atoms with Gasteiger partial charge in [-0.2, -0.15) is 0 Å². The second kappa shape index (κ2) is 6.60. The van der Waals surface area contributed by atoms with Gasteiger partial charge in [-0.15, -0.1) is 0 Å². The predicted molar refractivity (Wildman–Crippen MR) is 80.6 cm³/mol. The monoisotopic (exact) mass is 318 g/mol. The second-order valence-corrected chi connectivity index (χ2v) is 5.54. The molecule has 7 heteroatoms. The minimum atomic E-state index is -1.000. The summed E-state index contributed by atoms with van der Waals surface area (Å²) < 4.78 is 4.97. The normalized spacial score (nSPS) is 14.7. The Balaban J connectivity index is 1.98. The number of nitrogens with zero attached hydrogens (tertiary/aromatic N) is 1. The molecule has 1 aliphatic heterocycles. The number of benzene rings is 1. The number of imide groups is 1. The van der Waals surface area contributed by atoms with E-state index in [4.69, 9.17) is 4.74 Å². The molecule has 0 spiro atoms. The average molecular weight is 318 g/mol. The van der Waals surface area contributed by atoms with E-state index in [1.54, 1.807) is 26.0 Å². The van der Waals surface area contributed by atoms with Gasteiger partial charge in [0, 0.05) is 6.04 Å². The van der Waals surface area contributed by atoms with Crippen molar-refractivity contribution in [1.29, 1.82) is 0 Å². The van der Waals surface area contributed by atoms with E-state index in [1.165, 1.54) is 19.1 Å². The van der Waals surface area contributed by atoms with Gasteiger partial charge in [-0.1, -0.05) is 12.1 Å². The van der Waals surface area contributed by atoms with E-state index in [0.29, 0.717) is 0 Å². The molecule has 1 atom stereocenters. The third-order valence-electron chi connectivity index (χ3n) is 3.27. The molecule has 0 bridgehead atoms. The van der Waals surface area contributed by atoms with E-state index < -0.39 is 36.3 Å². The van der Waals surface area contributed by atoms with Crippen LogP contribution in [0.25, 0.3) is 0 Å². The number of nitrogens with one attached hydrogen (secondary N) is 1. The molecule has 122 valence electrons. The van der Waals surface area contributed by atoms with E-state index in [0.717, 1.165) is 4.90 Å². The summed E-state index contributed by atoms with van der Waals surface area (Å²) in [6, 6.07) is 6.26. The van der Waals surface area contributed by atoms with Crippen molar-refractivity contribution in [2.75, 3.05) is 6.54 Å². The van der Waals surface area contributed by atoms with Gasteiger partial charge in [0.25, 0.3) is 17.7 Å². The fourth-order valence-electron chi connectivity index (χ4n) is 2.20. The Kier molecular flexibility index (Phi) is 4.78. The van der Waals surface area contributed by atoms with Crippen molar-refractivity contribution in [3.8, 4) is 0 Å². The van der Waals surface area contributed by atoms with Crippen molar-refractivity contribution in [2.45, 2.75) is 32.9 Å². The summed E-state index contributed by atoms with van der Waals surface area (Å²) in [4.78, 5) is 48.7. The van der Waals surface area contributed by atoms with Crippen molar-refractivity contribution in [3.05, 3.63) is 35.4 Å². The second-order valence-electron chi connectivity index (χ2n) is 5.54. The third kappa shape index (κ3) is 3.56. The Hall–Kier alpha value is -2.70. The minimum absolute atomic E-state index is 0.0834. The summed E-state index contributed by atoms with van der Waals surface area (Å²) in [6.07, 6.45) is -1.000. The van der Waals surface area contributed by atoms with Crippen molar-refractivity contribution < 1.29 is 23.9 Å². The largest absolute Gasteiger partial charge is 0.451 e. The van der Waals surface area contributed by atoms with Crippen LogP contribution in [0.15, 0.2) is 24.3 Å². The molecule has 2 rings (SSSR count). The van der Waals surface area contributed by atoms with Crippen LogP contribution in [-0.2, 0) is 14.3 Å². The van der Waals surface area contributed by atoms with Gasteiger partial charge in [-0.25, -0.2) is 0 Å². The van der Waals surface area contributed by atoms with Crippen LogP contribution < -0.4 is 5.32 Å². The number of esters is 1. The Morgan fingerprint density at radius 2 is 1.61 bits per heavy atom. The van der Waals surface area contributed by atoms with Crippen molar-refractivity contribution >= 4 is 23.7 Å². The van der Waals surface area contributed by atoms with E-state index in [2.05, 4.69) is 5.32 Å². The molecular formula is C16H18N2O5. The molecule has 3 amide bonds. The molecule has 1 heterocycles. The number of rotatable bonds is 5. The smallest absolute Gasteiger partial charge is 0.326 e. The third-order valence-corrected chi connectivity index (χ3v) is 3.27. The maximum atomic E-state index is 12.1. The van der Waals surface area contributed by atoms with Gasteiger partial charge in [-0.05, 0) is 32.9 Å². The first kappa shape index (κ1) is 16.7. The highest BCUT2D eigenvalue weighted by Crippen LogP contribution is 2.22. The lowest BCUT2D eigenvalue weighted by Gasteiger charge is -2.17. The van der Waals surface area contributed by atoms with Crippen LogP contribution in [0.2, 0.25) is 0 Å². The fraction of sp³-hybridized carbons (Fsp3) is 0.375. The lowest BCUT2D eigenvalue weighted by molar-refractivity contribution is -0.155. The summed E-state index contributed by atoms with van der Waals surface area (Å²) in [6.45, 7) is 4.47. The molecule has 1 aliphatic rings. The van der Waals surface area contributed by atoms with Gasteiger partial charge in [0.15, 0.2) is 6.10 Å². The molecule has 0 radical (unpaired) electrons. The Labute approximate surface area is 133 Å². The lowest BCUT2D eigenvalue weighted by atomic mass is 10.1. The summed E-state index contributed by atoms with van der Waals surface area (Å²) in [5.74, 6) is -2.33. The molecule has 1 aromatic carbocycles. The lowest BCUT2D eigenvalue weighted by Crippen LogP contribution is -2.42. The Morgan fingerprint density at radius 1 is 1.09 bits per heavy atom. The quantitative estimate of drug-likeness (QED) is 0.638. The van der Waals surface area contributed by atoms with Crippen LogP contribution in [0, 0.1) is 0 Å². The van der Waals surface area contributed by atoms with E-state index >= 15 is 0 Å². The number of ether oxygens (including phenoxy) is 1. The number of hydrogen-bond acceptors (Lipinski definition) is 5. The summed E-state index contributed by atoms with van der Waals surface area (Å²) >= 11 is 0. The number of amides is 3. The minimum Gasteiger partial charge on any atom is -0.451 e. The van der Waals surface area contributed by atoms with E-state index in [-0.39, 0.29) is 17.2 Å². The summed E-state index contributed by atoms with van der Waals surface area (Å²) in [5.41, 5.74) is 0.520. The van der Waals surface area contributed by atoms with Crippen LogP contribution in [0.5, 0.6) is 0 Å². The van der Waals surface area contributed by atoms with Crippen LogP contribution in [0.1, 0.15) is 41.5 Å². The molecule has 0 saturated carbocycles. The van der Waals surface area contributed by atoms with Gasteiger partial charge < -0.3 is 10.1 Å². The molecule has 23 heavy (non-hydrogen) atoms. The van der Waals surface area contributed by atoms with Gasteiger partial charge in [0.2, 0.25) is 0 Å². The Bertz CT molecular complexity index is 633. The zero-order valence-electron chi connectivity index (χ0n) is 13.2. The van der Waals surface area contributed by atoms with Crippen LogP contribution in [0.4, 0.5) is 0 Å². The molecule has 7 nitrogen and oxygen atoms in total. The number of fused-ring (bicyclic) bond motifs is 1. The molecule has 0 saturated heterocycles. The van der Waals surface area contributed by atoms with Gasteiger partial charge >= 0.3 is 5.97 Å². The maximum absolute atomic E-state index is 12.1. The van der Waals surface area contributed by atoms with E-state index in [1.807, 2.05) is 0 Å². The fourth-order valence-corrected chi connectivity index (χ4v) is 2.20. The van der Waals surface area contributed by atoms with Crippen LogP contribution in [0.3, 0.4) is 0 Å². The molecule has 0 fully saturated rings. The highest BCUT2D eigenvalue weighted by atomic mass is 16.5. The Morgan fingerprint density at radius 3 is 2.09 bits per heavy atom. The highest BCUT2D eigenvalue weighted by molar-refractivity contribution is 6.22. The summed E-state index contributed by atoms with van der Waals surface area (Å²) in [7, 11) is 0. The van der Waals surface area contributed by atoms with Gasteiger partial charge in [0.1, 0.15) is 6.54 Å². The standard InChI is InChI=1S/C16H18N2O5/c1-9(2)17-14(20)10(3)23-13(19)8-18-15(21)11-6-4-5-7-12(11)16(18)22/h4-7,9-10H,8H2,1-3H3,(H,17,20). The van der Waals surface area contributed by atoms with Crippen LogP contribution >= 0.6 is 0 Å². The zero-order chi connectivity index (χ0) is 17.1. The predicted octanol–water partition coefficient (Wildman–Crippen LogP) is 0.739. The average Bonchev–Trinajstić information content (AvgIpc) is 2.72. The SMILES string of the molecule is CC(C)NC(=O)C(C)OC(=O)CN1C(=O)c2ccccc2C1=O. The van der Waals surface area contributed by atoms with Crippen molar-refractivity contribution in [1.82, 2.24) is 10.2 Å². The van der Waals surface area contributed by atoms with Gasteiger partial charge in [-0.3, -0.25) is 24.1 Å². The van der Waals surface area contributed by atoms with E-state index in [9.17, 15) is 19.2 Å². The summed E-state index contributed by atoms with van der Waals surface area (Å²) in [5, 5.41) is 2.61. The molecule has 0 aromatic heterocycles. The first-order valence-corrected chi connectivity index (χ1v) is 7.26. The maximum Gasteiger partial charge on any atom is 0.326 e. The van der Waals surface area contributed by atoms with Gasteiger partial charge in [0.05, 0.1) is 11.1 Å². The molecule has 1 aromatic rings. The topological polar surface area (TPSA) is 92.8 Å². The van der Waals surface area contributed by atoms with Crippen molar-refractivity contribution in [3.63, 3.8) is 0 Å². The molecule has 0 aliphatic carbocycles. The molecule has 1 unspecified atom stereocenters. The molecule has 1 N–H and O–H groups in total. The number of hydrogen-bond donors (Lipinski definition) is 1. The highest BCUT2D eigenvalue weighted by Gasteiger charge is 2.37. The first-order valence-electron chi connectivity index (χ1n) is 7.26. The number of carbonyl (C=O) groups excluding carboxylic acids is 4. The zero-order valence-corrected chi connectivity index (χ0v) is 13.2. The molecular weight excluding hydrogens is 300 g/mol. The first-order chi connectivity index (χ1) is 10.8. The number of carbonyl (C=O) groups is 4. The van der Waals surface area contributed by atoms with Crippen LogP contribution in [-0.4, -0.2) is 47.3 Å².